The second kappa shape index (κ2) is 28.9. The van der Waals surface area contributed by atoms with Crippen LogP contribution in [0, 0.1) is 12.3 Å². The molecular formula is C51H70NO14. The number of nitrogens with two attached hydrogens (primary N) is 1. The highest BCUT2D eigenvalue weighted by molar-refractivity contribution is 5.74. The van der Waals surface area contributed by atoms with Crippen molar-refractivity contribution in [3.8, 4) is 11.5 Å². The number of hydrogen-bond acceptors (Lipinski definition) is 13. The van der Waals surface area contributed by atoms with Crippen LogP contribution in [0.2, 0.25) is 0 Å². The van der Waals surface area contributed by atoms with Crippen molar-refractivity contribution in [1.29, 1.82) is 0 Å². The molecule has 1 aliphatic heterocycles. The lowest BCUT2D eigenvalue weighted by molar-refractivity contribution is -0.280. The predicted octanol–water partition coefficient (Wildman–Crippen LogP) is 7.46. The third-order valence-corrected chi connectivity index (χ3v) is 11.5. The molecule has 0 spiro atoms. The summed E-state index contributed by atoms with van der Waals surface area (Å²) in [5, 5.41) is 20.3. The Morgan fingerprint density at radius 1 is 0.682 bits per heavy atom. The Balaban J connectivity index is 1.12. The average Bonchev–Trinajstić information content (AvgIpc) is 3.30. The summed E-state index contributed by atoms with van der Waals surface area (Å²) in [7, 11) is 3.27. The molecule has 1 saturated heterocycles. The van der Waals surface area contributed by atoms with Crippen molar-refractivity contribution in [2.45, 2.75) is 134 Å². The first kappa shape index (κ1) is 53.6. The van der Waals surface area contributed by atoms with E-state index in [0.29, 0.717) is 13.0 Å². The summed E-state index contributed by atoms with van der Waals surface area (Å²) >= 11 is 0. The van der Waals surface area contributed by atoms with Crippen molar-refractivity contribution < 1.29 is 67.3 Å². The highest BCUT2D eigenvalue weighted by Gasteiger charge is 2.50. The third kappa shape index (κ3) is 17.3. The number of aliphatic carboxylic acids is 1. The van der Waals surface area contributed by atoms with E-state index in [0.717, 1.165) is 92.4 Å². The van der Waals surface area contributed by atoms with Crippen LogP contribution in [0.25, 0.3) is 0 Å². The van der Waals surface area contributed by atoms with Gasteiger partial charge in [0.1, 0.15) is 35.4 Å². The van der Waals surface area contributed by atoms with Crippen LogP contribution in [0.5, 0.6) is 11.5 Å². The van der Waals surface area contributed by atoms with E-state index in [1.54, 1.807) is 14.2 Å². The van der Waals surface area contributed by atoms with Crippen LogP contribution in [0.1, 0.15) is 114 Å². The lowest BCUT2D eigenvalue weighted by atomic mass is 9.80. The van der Waals surface area contributed by atoms with Crippen molar-refractivity contribution in [3.63, 3.8) is 0 Å². The second-order valence-electron chi connectivity index (χ2n) is 16.6. The van der Waals surface area contributed by atoms with E-state index in [-0.39, 0.29) is 26.2 Å². The Labute approximate surface area is 389 Å². The zero-order valence-electron chi connectivity index (χ0n) is 38.9. The molecule has 0 aliphatic carbocycles. The van der Waals surface area contributed by atoms with Gasteiger partial charge in [-0.05, 0) is 53.8 Å². The molecule has 1 amide bonds. The minimum absolute atomic E-state index is 0.0475. The molecule has 1 fully saturated rings. The number of benzene rings is 3. The molecule has 0 aromatic heterocycles. The van der Waals surface area contributed by atoms with E-state index < -0.39 is 72.5 Å². The maximum absolute atomic E-state index is 12.0. The molecular weight excluding hydrogens is 851 g/mol. The van der Waals surface area contributed by atoms with Gasteiger partial charge in [0.25, 0.3) is 0 Å². The van der Waals surface area contributed by atoms with Crippen LogP contribution in [-0.2, 0) is 53.2 Å². The molecule has 3 aromatic rings. The molecule has 1 radical (unpaired) electrons. The number of rotatable bonds is 32. The van der Waals surface area contributed by atoms with Gasteiger partial charge in [-0.2, -0.15) is 0 Å². The van der Waals surface area contributed by atoms with Crippen LogP contribution in [0.3, 0.4) is 0 Å². The van der Waals surface area contributed by atoms with Gasteiger partial charge in [-0.3, -0.25) is 19.2 Å². The molecule has 3 aromatic carbocycles. The van der Waals surface area contributed by atoms with E-state index >= 15 is 0 Å². The summed E-state index contributed by atoms with van der Waals surface area (Å²) in [6, 6.07) is 25.5. The van der Waals surface area contributed by atoms with Crippen molar-refractivity contribution in [2.75, 3.05) is 40.6 Å². The number of carbonyl (C=O) groups is 4. The lowest BCUT2D eigenvalue weighted by Gasteiger charge is -2.45. The lowest BCUT2D eigenvalue weighted by Crippen LogP contribution is -2.58. The fourth-order valence-corrected chi connectivity index (χ4v) is 8.26. The fraction of sp³-hybridized carbons (Fsp3) is 0.549. The van der Waals surface area contributed by atoms with Crippen molar-refractivity contribution in [3.05, 3.63) is 102 Å². The molecule has 0 unspecified atom stereocenters. The predicted molar refractivity (Wildman–Crippen MR) is 245 cm³/mol. The van der Waals surface area contributed by atoms with Gasteiger partial charge in [0, 0.05) is 39.9 Å². The summed E-state index contributed by atoms with van der Waals surface area (Å²) in [6.45, 7) is 3.41. The molecule has 15 nitrogen and oxygen atoms in total. The van der Waals surface area contributed by atoms with E-state index in [9.17, 15) is 29.4 Å². The first-order valence-corrected chi connectivity index (χ1v) is 23.1. The van der Waals surface area contributed by atoms with Crippen LogP contribution in [0.15, 0.2) is 78.9 Å². The van der Waals surface area contributed by atoms with Gasteiger partial charge in [0.2, 0.25) is 5.91 Å². The number of esters is 2. The minimum atomic E-state index is -1.19. The number of ether oxygens (including phenoxy) is 8. The summed E-state index contributed by atoms with van der Waals surface area (Å²) in [5.41, 5.74) is 7.20. The molecule has 66 heavy (non-hydrogen) atoms. The van der Waals surface area contributed by atoms with Crippen LogP contribution < -0.4 is 15.2 Å². The number of amides is 1. The number of hydrogen-bond donors (Lipinski definition) is 3. The fourth-order valence-electron chi connectivity index (χ4n) is 8.26. The van der Waals surface area contributed by atoms with E-state index in [1.165, 1.54) is 20.3 Å². The van der Waals surface area contributed by atoms with Crippen molar-refractivity contribution >= 4 is 23.8 Å². The van der Waals surface area contributed by atoms with Gasteiger partial charge in [0.15, 0.2) is 12.4 Å². The van der Waals surface area contributed by atoms with Gasteiger partial charge in [-0.1, -0.05) is 112 Å². The smallest absolute Gasteiger partial charge is 0.303 e. The number of unbranched alkanes of at least 4 members (excludes halogenated alkanes) is 10. The summed E-state index contributed by atoms with van der Waals surface area (Å²) < 4.78 is 46.5. The maximum atomic E-state index is 12.0. The molecule has 0 saturated carbocycles. The van der Waals surface area contributed by atoms with Crippen molar-refractivity contribution in [2.24, 2.45) is 11.7 Å². The van der Waals surface area contributed by atoms with E-state index in [4.69, 9.17) is 43.6 Å². The average molecular weight is 921 g/mol. The largest absolute Gasteiger partial charge is 0.497 e. The molecule has 1 heterocycles. The van der Waals surface area contributed by atoms with Gasteiger partial charge in [-0.25, -0.2) is 0 Å². The van der Waals surface area contributed by atoms with Crippen LogP contribution >= 0.6 is 0 Å². The molecule has 4 N–H and O–H groups in total. The minimum Gasteiger partial charge on any atom is -0.497 e. The van der Waals surface area contributed by atoms with Gasteiger partial charge in [-0.15, -0.1) is 0 Å². The van der Waals surface area contributed by atoms with Crippen LogP contribution in [0.4, 0.5) is 0 Å². The standard InChI is InChI=1S/C51H70NO14/c1-36(53)64-48-44(33-46(52)56)50(66-45(29-30-47(57)58)49(48)65-37(2)54)62-32-18-13-11-9-7-5-6-8-10-12-17-31-61-34-41(55)35-63-51(38-19-15-14-16-20-38,39-21-25-42(59-3)26-22-39)40-23-27-43(60-4)28-24-40/h14-16,19-29,41,44-45,48-50,55H,5-13,17-18,30-35H2,1-4H3,(H2,52,56)(H,57,58)/t41-,44+,45+,48+,49+,50+/m0/s1. The molecule has 1 aliphatic rings. The monoisotopic (exact) mass is 920 g/mol. The van der Waals surface area contributed by atoms with E-state index in [1.807, 2.05) is 78.9 Å². The number of aliphatic hydroxyl groups excluding tert-OH is 1. The SMILES string of the molecule is COc1ccc(C(OC[C@@H](O)COCCCCCCCCCCCCCO[C@@H]2O[C@H]([CH]CC(=O)O)[C@@H](OC(C)=O)[C@H](OC(C)=O)[C@H]2CC(N)=O)(c2ccccc2)c2ccc(OC)cc2)cc1. The Morgan fingerprint density at radius 2 is 1.17 bits per heavy atom. The Hall–Kier alpha value is -5.06. The zero-order valence-corrected chi connectivity index (χ0v) is 38.9. The summed E-state index contributed by atoms with van der Waals surface area (Å²) in [4.78, 5) is 47.3. The van der Waals surface area contributed by atoms with Gasteiger partial charge >= 0.3 is 17.9 Å². The number of methoxy groups -OCH3 is 2. The Morgan fingerprint density at radius 3 is 1.65 bits per heavy atom. The topological polar surface area (TPSA) is 209 Å². The molecule has 0 bridgehead atoms. The third-order valence-electron chi connectivity index (χ3n) is 11.5. The molecule has 6 atom stereocenters. The maximum Gasteiger partial charge on any atom is 0.303 e. The molecule has 15 heteroatoms. The highest BCUT2D eigenvalue weighted by atomic mass is 16.7. The Kier molecular flexibility index (Phi) is 23.4. The normalized spacial score (nSPS) is 18.8. The first-order valence-electron chi connectivity index (χ1n) is 23.1. The zero-order chi connectivity index (χ0) is 47.7. The van der Waals surface area contributed by atoms with E-state index in [2.05, 4.69) is 0 Å². The van der Waals surface area contributed by atoms with Crippen molar-refractivity contribution in [1.82, 2.24) is 0 Å². The molecule has 4 rings (SSSR count). The summed E-state index contributed by atoms with van der Waals surface area (Å²) in [6.07, 6.45) is 6.75. The van der Waals surface area contributed by atoms with Gasteiger partial charge in [0.05, 0.1) is 39.8 Å². The number of primary amides is 1. The second-order valence-corrected chi connectivity index (χ2v) is 16.6. The first-order chi connectivity index (χ1) is 31.9. The van der Waals surface area contributed by atoms with Crippen LogP contribution in [-0.4, -0.2) is 105 Å². The summed E-state index contributed by atoms with van der Waals surface area (Å²) in [5.74, 6) is -2.59. The number of carboxylic acids is 1. The number of aliphatic hydroxyl groups is 1. The number of carbonyl (C=O) groups excluding carboxylic acids is 3. The highest BCUT2D eigenvalue weighted by Crippen LogP contribution is 2.42. The Bertz CT molecular complexity index is 1830. The quantitative estimate of drug-likeness (QED) is 0.0316. The van der Waals surface area contributed by atoms with Gasteiger partial charge < -0.3 is 53.8 Å². The molecule has 363 valence electrons. The number of carboxylic acid groups (broad SMARTS) is 1.